The number of nitrogens with two attached hydrogens (primary N) is 1. The van der Waals surface area contributed by atoms with Crippen molar-refractivity contribution in [2.75, 3.05) is 33.7 Å². The second-order valence-electron chi connectivity index (χ2n) is 7.26. The zero-order valence-electron chi connectivity index (χ0n) is 13.9. The number of primary amides is 1. The first kappa shape index (κ1) is 16.7. The lowest BCUT2D eigenvalue weighted by molar-refractivity contribution is -0.124. The first-order valence-corrected chi connectivity index (χ1v) is 8.37. The summed E-state index contributed by atoms with van der Waals surface area (Å²) < 4.78 is 0. The van der Waals surface area contributed by atoms with Crippen molar-refractivity contribution in [3.63, 3.8) is 0 Å². The van der Waals surface area contributed by atoms with Crippen molar-refractivity contribution >= 4 is 5.91 Å². The molecule has 5 nitrogen and oxygen atoms in total. The fourth-order valence-corrected chi connectivity index (χ4v) is 3.31. The average Bonchev–Trinajstić information content (AvgIpc) is 3.22. The number of amides is 1. The highest BCUT2D eigenvalue weighted by Crippen LogP contribution is 2.25. The number of likely N-dealkylation sites (N-methyl/N-ethyl adjacent to an activating group) is 2. The summed E-state index contributed by atoms with van der Waals surface area (Å²) in [6.45, 7) is 5.37. The van der Waals surface area contributed by atoms with Crippen molar-refractivity contribution in [1.29, 1.82) is 0 Å². The molecule has 0 bridgehead atoms. The number of nitrogens with one attached hydrogen (secondary N) is 1. The number of piperidine rings is 1. The van der Waals surface area contributed by atoms with Crippen LogP contribution in [0.4, 0.5) is 0 Å². The maximum atomic E-state index is 11.7. The molecule has 1 heterocycles. The van der Waals surface area contributed by atoms with Gasteiger partial charge in [-0.15, -0.1) is 0 Å². The molecule has 0 spiro atoms. The van der Waals surface area contributed by atoms with Crippen LogP contribution in [0, 0.1) is 0 Å². The molecule has 2 aliphatic rings. The van der Waals surface area contributed by atoms with E-state index in [1.807, 2.05) is 6.92 Å². The molecule has 1 amide bonds. The molecule has 3 N–H and O–H groups in total. The highest BCUT2D eigenvalue weighted by atomic mass is 16.1. The number of carbonyl (C=O) groups excluding carboxylic acids is 1. The molecule has 122 valence electrons. The van der Waals surface area contributed by atoms with E-state index in [1.54, 1.807) is 0 Å². The molecule has 0 aromatic heterocycles. The van der Waals surface area contributed by atoms with E-state index in [2.05, 4.69) is 29.2 Å². The quantitative estimate of drug-likeness (QED) is 0.695. The summed E-state index contributed by atoms with van der Waals surface area (Å²) in [6.07, 6.45) is 6.76. The van der Waals surface area contributed by atoms with Crippen LogP contribution in [0.15, 0.2) is 0 Å². The number of nitrogens with zero attached hydrogens (tertiary/aromatic N) is 2. The Balaban J connectivity index is 1.74. The SMILES string of the molecule is CN1CCCC(N(C)CCCC(C)(NC2CC2)C(N)=O)C1. The summed E-state index contributed by atoms with van der Waals surface area (Å²) in [7, 11) is 4.41. The number of carbonyl (C=O) groups is 1. The van der Waals surface area contributed by atoms with Crippen LogP contribution in [0.2, 0.25) is 0 Å². The predicted molar refractivity (Wildman–Crippen MR) is 86.1 cm³/mol. The Morgan fingerprint density at radius 1 is 1.43 bits per heavy atom. The fourth-order valence-electron chi connectivity index (χ4n) is 3.31. The van der Waals surface area contributed by atoms with Crippen molar-refractivity contribution in [1.82, 2.24) is 15.1 Å². The molecule has 1 aliphatic carbocycles. The average molecular weight is 296 g/mol. The first-order valence-electron chi connectivity index (χ1n) is 8.37. The number of hydrogen-bond acceptors (Lipinski definition) is 4. The zero-order valence-corrected chi connectivity index (χ0v) is 13.9. The molecule has 2 rings (SSSR count). The molecule has 0 aromatic carbocycles. The minimum absolute atomic E-state index is 0.213. The van der Waals surface area contributed by atoms with E-state index in [0.29, 0.717) is 12.1 Å². The first-order chi connectivity index (χ1) is 9.90. The topological polar surface area (TPSA) is 61.6 Å². The van der Waals surface area contributed by atoms with Gasteiger partial charge in [0.2, 0.25) is 5.91 Å². The van der Waals surface area contributed by atoms with Gasteiger partial charge >= 0.3 is 0 Å². The lowest BCUT2D eigenvalue weighted by atomic mass is 9.94. The maximum Gasteiger partial charge on any atom is 0.237 e. The summed E-state index contributed by atoms with van der Waals surface area (Å²) >= 11 is 0. The van der Waals surface area contributed by atoms with Crippen molar-refractivity contribution in [2.24, 2.45) is 5.73 Å². The molecule has 5 heteroatoms. The standard InChI is InChI=1S/C16H32N4O/c1-16(15(17)21,18-13-7-8-13)9-5-11-20(3)14-6-4-10-19(2)12-14/h13-14,18H,4-12H2,1-3H3,(H2,17,21). The highest BCUT2D eigenvalue weighted by molar-refractivity contribution is 5.84. The van der Waals surface area contributed by atoms with E-state index < -0.39 is 5.54 Å². The Morgan fingerprint density at radius 3 is 2.71 bits per heavy atom. The largest absolute Gasteiger partial charge is 0.368 e. The van der Waals surface area contributed by atoms with Gasteiger partial charge in [-0.05, 0) is 72.6 Å². The van der Waals surface area contributed by atoms with Gasteiger partial charge in [0.25, 0.3) is 0 Å². The molecule has 1 saturated heterocycles. The van der Waals surface area contributed by atoms with Crippen molar-refractivity contribution in [3.8, 4) is 0 Å². The van der Waals surface area contributed by atoms with Crippen LogP contribution in [0.3, 0.4) is 0 Å². The van der Waals surface area contributed by atoms with Gasteiger partial charge in [0, 0.05) is 18.6 Å². The Morgan fingerprint density at radius 2 is 2.14 bits per heavy atom. The zero-order chi connectivity index (χ0) is 15.5. The van der Waals surface area contributed by atoms with E-state index in [-0.39, 0.29) is 5.91 Å². The Bertz CT molecular complexity index is 358. The molecule has 2 fully saturated rings. The minimum atomic E-state index is -0.536. The highest BCUT2D eigenvalue weighted by Gasteiger charge is 2.36. The van der Waals surface area contributed by atoms with Crippen molar-refractivity contribution in [2.45, 2.75) is 63.1 Å². The van der Waals surface area contributed by atoms with Crippen LogP contribution in [0.5, 0.6) is 0 Å². The predicted octanol–water partition coefficient (Wildman–Crippen LogP) is 0.789. The third-order valence-electron chi connectivity index (χ3n) is 5.05. The molecule has 1 saturated carbocycles. The molecular weight excluding hydrogens is 264 g/mol. The number of likely N-dealkylation sites (tertiary alicyclic amines) is 1. The summed E-state index contributed by atoms with van der Waals surface area (Å²) in [5, 5.41) is 3.43. The van der Waals surface area contributed by atoms with Crippen LogP contribution < -0.4 is 11.1 Å². The van der Waals surface area contributed by atoms with Gasteiger partial charge in [0.05, 0.1) is 5.54 Å². The van der Waals surface area contributed by atoms with Gasteiger partial charge in [-0.2, -0.15) is 0 Å². The Labute approximate surface area is 129 Å². The minimum Gasteiger partial charge on any atom is -0.368 e. The third-order valence-corrected chi connectivity index (χ3v) is 5.05. The fraction of sp³-hybridized carbons (Fsp3) is 0.938. The van der Waals surface area contributed by atoms with Crippen LogP contribution in [-0.2, 0) is 4.79 Å². The van der Waals surface area contributed by atoms with Crippen molar-refractivity contribution < 1.29 is 4.79 Å². The van der Waals surface area contributed by atoms with Crippen LogP contribution >= 0.6 is 0 Å². The molecule has 1 aliphatic heterocycles. The van der Waals surface area contributed by atoms with E-state index in [9.17, 15) is 4.79 Å². The van der Waals surface area contributed by atoms with Crippen molar-refractivity contribution in [3.05, 3.63) is 0 Å². The summed E-state index contributed by atoms with van der Waals surface area (Å²) in [5.74, 6) is -0.213. The van der Waals surface area contributed by atoms with Crippen LogP contribution in [0.25, 0.3) is 0 Å². The van der Waals surface area contributed by atoms with E-state index in [1.165, 1.54) is 32.2 Å². The molecule has 2 unspecified atom stereocenters. The lowest BCUT2D eigenvalue weighted by Crippen LogP contribution is -2.54. The Hall–Kier alpha value is -0.650. The number of rotatable bonds is 8. The van der Waals surface area contributed by atoms with Gasteiger partial charge in [-0.3, -0.25) is 4.79 Å². The molecule has 21 heavy (non-hydrogen) atoms. The molecular formula is C16H32N4O. The second kappa shape index (κ2) is 7.07. The van der Waals surface area contributed by atoms with E-state index in [0.717, 1.165) is 25.9 Å². The van der Waals surface area contributed by atoms with E-state index in [4.69, 9.17) is 5.73 Å². The smallest absolute Gasteiger partial charge is 0.237 e. The summed E-state index contributed by atoms with van der Waals surface area (Å²) in [4.78, 5) is 16.6. The van der Waals surface area contributed by atoms with Gasteiger partial charge in [0.15, 0.2) is 0 Å². The van der Waals surface area contributed by atoms with E-state index >= 15 is 0 Å². The Kier molecular flexibility index (Phi) is 5.63. The number of hydrogen-bond donors (Lipinski definition) is 2. The second-order valence-corrected chi connectivity index (χ2v) is 7.26. The monoisotopic (exact) mass is 296 g/mol. The van der Waals surface area contributed by atoms with Gasteiger partial charge in [-0.1, -0.05) is 0 Å². The molecule has 2 atom stereocenters. The van der Waals surface area contributed by atoms with Crippen LogP contribution in [0.1, 0.15) is 45.4 Å². The van der Waals surface area contributed by atoms with Gasteiger partial charge < -0.3 is 20.9 Å². The molecule has 0 radical (unpaired) electrons. The lowest BCUT2D eigenvalue weighted by Gasteiger charge is -2.36. The third kappa shape index (κ3) is 4.94. The normalized spacial score (nSPS) is 26.8. The van der Waals surface area contributed by atoms with Crippen LogP contribution in [-0.4, -0.2) is 67.1 Å². The summed E-state index contributed by atoms with van der Waals surface area (Å²) in [6, 6.07) is 1.16. The van der Waals surface area contributed by atoms with Gasteiger partial charge in [0.1, 0.15) is 0 Å². The maximum absolute atomic E-state index is 11.7. The van der Waals surface area contributed by atoms with Gasteiger partial charge in [-0.25, -0.2) is 0 Å². The molecule has 0 aromatic rings. The summed E-state index contributed by atoms with van der Waals surface area (Å²) in [5.41, 5.74) is 5.07.